The summed E-state index contributed by atoms with van der Waals surface area (Å²) in [4.78, 5) is 16.3. The molecule has 1 aromatic rings. The molecule has 0 unspecified atom stereocenters. The van der Waals surface area contributed by atoms with Crippen LogP contribution in [0.3, 0.4) is 0 Å². The molecule has 0 bridgehead atoms. The average molecular weight is 274 g/mol. The van der Waals surface area contributed by atoms with E-state index in [1.165, 1.54) is 11.8 Å². The minimum absolute atomic E-state index is 0.0209. The van der Waals surface area contributed by atoms with E-state index in [0.29, 0.717) is 16.6 Å². The number of aliphatic hydroxyl groups is 1. The number of rotatable bonds is 4. The van der Waals surface area contributed by atoms with Crippen molar-refractivity contribution >= 4 is 28.9 Å². The summed E-state index contributed by atoms with van der Waals surface area (Å²) in [6, 6.07) is 9.86. The van der Waals surface area contributed by atoms with Crippen LogP contribution < -0.4 is 5.32 Å². The number of aliphatic imine (C=N–C) groups is 1. The van der Waals surface area contributed by atoms with E-state index in [1.54, 1.807) is 6.08 Å². The maximum Gasteiger partial charge on any atom is 0.264 e. The van der Waals surface area contributed by atoms with Crippen molar-refractivity contribution in [2.45, 2.75) is 0 Å². The molecule has 0 spiro atoms. The van der Waals surface area contributed by atoms with E-state index >= 15 is 0 Å². The first-order chi connectivity index (χ1) is 9.29. The minimum atomic E-state index is -0.153. The van der Waals surface area contributed by atoms with Gasteiger partial charge in [0.2, 0.25) is 0 Å². The van der Waals surface area contributed by atoms with Crippen molar-refractivity contribution in [3.8, 4) is 0 Å². The molecule has 0 saturated carbocycles. The van der Waals surface area contributed by atoms with Gasteiger partial charge in [0.1, 0.15) is 0 Å². The molecule has 1 saturated heterocycles. The van der Waals surface area contributed by atoms with E-state index in [9.17, 15) is 4.79 Å². The predicted molar refractivity (Wildman–Crippen MR) is 78.7 cm³/mol. The van der Waals surface area contributed by atoms with Crippen molar-refractivity contribution in [2.75, 3.05) is 13.2 Å². The molecule has 0 radical (unpaired) electrons. The van der Waals surface area contributed by atoms with Gasteiger partial charge in [0, 0.05) is 0 Å². The Morgan fingerprint density at radius 2 is 2.11 bits per heavy atom. The summed E-state index contributed by atoms with van der Waals surface area (Å²) in [7, 11) is 0. The van der Waals surface area contributed by atoms with Crippen molar-refractivity contribution in [1.82, 2.24) is 5.32 Å². The molecule has 0 atom stereocenters. The zero-order chi connectivity index (χ0) is 13.5. The summed E-state index contributed by atoms with van der Waals surface area (Å²) in [6.45, 7) is 0.280. The molecular weight excluding hydrogens is 260 g/mol. The largest absolute Gasteiger partial charge is 0.394 e. The molecule has 1 heterocycles. The third kappa shape index (κ3) is 4.08. The summed E-state index contributed by atoms with van der Waals surface area (Å²) < 4.78 is 0. The number of nitrogens with one attached hydrogen (secondary N) is 1. The van der Waals surface area contributed by atoms with Gasteiger partial charge in [-0.3, -0.25) is 9.79 Å². The molecule has 2 N–H and O–H groups in total. The average Bonchev–Trinajstić information content (AvgIpc) is 2.78. The zero-order valence-electron chi connectivity index (χ0n) is 10.2. The summed E-state index contributed by atoms with van der Waals surface area (Å²) in [5.74, 6) is -0.153. The van der Waals surface area contributed by atoms with Crippen LogP contribution in [-0.2, 0) is 4.79 Å². The SMILES string of the molecule is O=C1NC(=NCCO)S/C1=C\C=C/c1ccccc1. The van der Waals surface area contributed by atoms with Gasteiger partial charge >= 0.3 is 0 Å². The normalized spacial score (nSPS) is 19.5. The summed E-state index contributed by atoms with van der Waals surface area (Å²) in [5, 5.41) is 11.9. The fourth-order valence-corrected chi connectivity index (χ4v) is 2.28. The Labute approximate surface area is 115 Å². The Balaban J connectivity index is 2.00. The monoisotopic (exact) mass is 274 g/mol. The number of benzene rings is 1. The van der Waals surface area contributed by atoms with Crippen molar-refractivity contribution in [1.29, 1.82) is 0 Å². The first kappa shape index (κ1) is 13.6. The topological polar surface area (TPSA) is 61.7 Å². The lowest BCUT2D eigenvalue weighted by Gasteiger charge is -1.91. The molecule has 5 heteroatoms. The van der Waals surface area contributed by atoms with Crippen LogP contribution >= 0.6 is 11.8 Å². The fraction of sp³-hybridized carbons (Fsp3) is 0.143. The molecule has 0 aliphatic carbocycles. The van der Waals surface area contributed by atoms with E-state index in [4.69, 9.17) is 5.11 Å². The van der Waals surface area contributed by atoms with E-state index < -0.39 is 0 Å². The molecular formula is C14H14N2O2S. The standard InChI is InChI=1S/C14H14N2O2S/c17-10-9-15-14-16-13(18)12(19-14)8-4-7-11-5-2-1-3-6-11/h1-8,17H,9-10H2,(H,15,16,18)/b7-4-,12-8-. The maximum atomic E-state index is 11.6. The lowest BCUT2D eigenvalue weighted by molar-refractivity contribution is -0.115. The van der Waals surface area contributed by atoms with Gasteiger partial charge in [0.05, 0.1) is 18.1 Å². The fourth-order valence-electron chi connectivity index (χ4n) is 1.48. The number of amides is 1. The van der Waals surface area contributed by atoms with Crippen LogP contribution in [0.4, 0.5) is 0 Å². The van der Waals surface area contributed by atoms with Gasteiger partial charge in [0.15, 0.2) is 5.17 Å². The van der Waals surface area contributed by atoms with Crippen molar-refractivity contribution in [2.24, 2.45) is 4.99 Å². The van der Waals surface area contributed by atoms with Crippen LogP contribution in [0, 0.1) is 0 Å². The van der Waals surface area contributed by atoms with E-state index in [1.807, 2.05) is 42.5 Å². The first-order valence-corrected chi connectivity index (χ1v) is 6.69. The first-order valence-electron chi connectivity index (χ1n) is 5.87. The van der Waals surface area contributed by atoms with Crippen LogP contribution in [0.2, 0.25) is 0 Å². The minimum Gasteiger partial charge on any atom is -0.394 e. The van der Waals surface area contributed by atoms with Crippen molar-refractivity contribution in [3.63, 3.8) is 0 Å². The Kier molecular flexibility index (Phi) is 4.94. The maximum absolute atomic E-state index is 11.6. The number of allylic oxidation sites excluding steroid dienone is 2. The quantitative estimate of drug-likeness (QED) is 0.823. The molecule has 1 amide bonds. The summed E-state index contributed by atoms with van der Waals surface area (Å²) >= 11 is 1.28. The summed E-state index contributed by atoms with van der Waals surface area (Å²) in [6.07, 6.45) is 5.53. The second kappa shape index (κ2) is 6.92. The number of hydrogen-bond donors (Lipinski definition) is 2. The predicted octanol–water partition coefficient (Wildman–Crippen LogP) is 1.79. The zero-order valence-corrected chi connectivity index (χ0v) is 11.1. The second-order valence-corrected chi connectivity index (χ2v) is 4.80. The summed E-state index contributed by atoms with van der Waals surface area (Å²) in [5.41, 5.74) is 1.08. The van der Waals surface area contributed by atoms with Crippen LogP contribution in [-0.4, -0.2) is 29.3 Å². The van der Waals surface area contributed by atoms with E-state index in [2.05, 4.69) is 10.3 Å². The van der Waals surface area contributed by atoms with Gasteiger partial charge in [0.25, 0.3) is 5.91 Å². The number of nitrogens with zero attached hydrogens (tertiary/aromatic N) is 1. The van der Waals surface area contributed by atoms with Crippen LogP contribution in [0.5, 0.6) is 0 Å². The number of carbonyl (C=O) groups excluding carboxylic acids is 1. The molecule has 1 aliphatic heterocycles. The highest BCUT2D eigenvalue weighted by Crippen LogP contribution is 2.23. The third-order valence-electron chi connectivity index (χ3n) is 2.34. The molecule has 1 aliphatic rings. The molecule has 1 aromatic carbocycles. The Morgan fingerprint density at radius 1 is 1.32 bits per heavy atom. The molecule has 4 nitrogen and oxygen atoms in total. The molecule has 1 fully saturated rings. The van der Waals surface area contributed by atoms with E-state index in [-0.39, 0.29) is 12.5 Å². The number of hydrogen-bond acceptors (Lipinski definition) is 4. The highest BCUT2D eigenvalue weighted by molar-refractivity contribution is 8.18. The third-order valence-corrected chi connectivity index (χ3v) is 3.31. The Hall–Kier alpha value is -1.85. The van der Waals surface area contributed by atoms with Gasteiger partial charge < -0.3 is 10.4 Å². The molecule has 2 rings (SSSR count). The van der Waals surface area contributed by atoms with Crippen molar-refractivity contribution < 1.29 is 9.90 Å². The lowest BCUT2D eigenvalue weighted by Crippen LogP contribution is -2.20. The van der Waals surface area contributed by atoms with Crippen LogP contribution in [0.25, 0.3) is 6.08 Å². The van der Waals surface area contributed by atoms with Gasteiger partial charge in [-0.1, -0.05) is 42.5 Å². The van der Waals surface area contributed by atoms with Gasteiger partial charge in [-0.2, -0.15) is 0 Å². The Morgan fingerprint density at radius 3 is 2.84 bits per heavy atom. The smallest absolute Gasteiger partial charge is 0.264 e. The Bertz CT molecular complexity index is 536. The van der Waals surface area contributed by atoms with Crippen LogP contribution in [0.15, 0.2) is 52.4 Å². The lowest BCUT2D eigenvalue weighted by atomic mass is 10.2. The van der Waals surface area contributed by atoms with Crippen molar-refractivity contribution in [3.05, 3.63) is 53.0 Å². The van der Waals surface area contributed by atoms with E-state index in [0.717, 1.165) is 5.56 Å². The van der Waals surface area contributed by atoms with Gasteiger partial charge in [-0.15, -0.1) is 0 Å². The number of amidine groups is 1. The number of aliphatic hydroxyl groups excluding tert-OH is 1. The van der Waals surface area contributed by atoms with Gasteiger partial charge in [-0.25, -0.2) is 0 Å². The highest BCUT2D eigenvalue weighted by atomic mass is 32.2. The molecule has 19 heavy (non-hydrogen) atoms. The molecule has 0 aromatic heterocycles. The number of thioether (sulfide) groups is 1. The van der Waals surface area contributed by atoms with Gasteiger partial charge in [-0.05, 0) is 23.4 Å². The molecule has 98 valence electrons. The highest BCUT2D eigenvalue weighted by Gasteiger charge is 2.22. The second-order valence-electron chi connectivity index (χ2n) is 3.77. The van der Waals surface area contributed by atoms with Crippen LogP contribution in [0.1, 0.15) is 5.56 Å². The number of carbonyl (C=O) groups is 1.